The van der Waals surface area contributed by atoms with E-state index in [0.717, 1.165) is 10.3 Å². The van der Waals surface area contributed by atoms with Crippen LogP contribution in [0.3, 0.4) is 0 Å². The number of sulfonamides is 1. The smallest absolute Gasteiger partial charge is 0.420 e. The van der Waals surface area contributed by atoms with E-state index < -0.39 is 21.7 Å². The Kier molecular flexibility index (Phi) is 5.84. The molecule has 0 radical (unpaired) electrons. The van der Waals surface area contributed by atoms with Crippen molar-refractivity contribution < 1.29 is 22.4 Å². The number of rotatable bonds is 6. The lowest BCUT2D eigenvalue weighted by Crippen LogP contribution is -2.48. The first-order valence-corrected chi connectivity index (χ1v) is 11.4. The van der Waals surface area contributed by atoms with E-state index in [0.29, 0.717) is 31.7 Å². The van der Waals surface area contributed by atoms with E-state index in [1.807, 2.05) is 30.3 Å². The Morgan fingerprint density at radius 1 is 1.06 bits per heavy atom. The minimum atomic E-state index is -3.75. The minimum absolute atomic E-state index is 0.0465. The average molecular weight is 445 g/mol. The Morgan fingerprint density at radius 2 is 1.77 bits per heavy atom. The molecule has 0 spiro atoms. The Labute approximate surface area is 179 Å². The molecule has 0 bridgehead atoms. The molecule has 1 aliphatic heterocycles. The normalized spacial score (nSPS) is 15.3. The first-order chi connectivity index (χ1) is 14.9. The number of carbonyl (C=O) groups is 1. The third-order valence-electron chi connectivity index (χ3n) is 5.23. The summed E-state index contributed by atoms with van der Waals surface area (Å²) in [6.45, 7) is 3.43. The quantitative estimate of drug-likeness (QED) is 0.532. The van der Waals surface area contributed by atoms with Crippen LogP contribution in [0, 0.1) is 0 Å². The molecule has 31 heavy (non-hydrogen) atoms. The van der Waals surface area contributed by atoms with Gasteiger partial charge in [0.05, 0.1) is 17.0 Å². The molecule has 9 nitrogen and oxygen atoms in total. The zero-order valence-electron chi connectivity index (χ0n) is 17.1. The summed E-state index contributed by atoms with van der Waals surface area (Å²) >= 11 is 0. The summed E-state index contributed by atoms with van der Waals surface area (Å²) in [6, 6.07) is 14.1. The van der Waals surface area contributed by atoms with E-state index >= 15 is 0 Å². The Balaban J connectivity index is 1.54. The van der Waals surface area contributed by atoms with Gasteiger partial charge in [0.15, 0.2) is 5.58 Å². The summed E-state index contributed by atoms with van der Waals surface area (Å²) in [7, 11) is -3.75. The predicted molar refractivity (Wildman–Crippen MR) is 115 cm³/mol. The molecular formula is C21H23N3O6S. The van der Waals surface area contributed by atoms with Gasteiger partial charge < -0.3 is 14.1 Å². The zero-order valence-corrected chi connectivity index (χ0v) is 17.9. The van der Waals surface area contributed by atoms with Gasteiger partial charge in [0.1, 0.15) is 6.54 Å². The second kappa shape index (κ2) is 8.56. The highest BCUT2D eigenvalue weighted by atomic mass is 32.2. The number of anilines is 1. The van der Waals surface area contributed by atoms with Crippen LogP contribution in [0.5, 0.6) is 0 Å². The minimum Gasteiger partial charge on any atom is -0.465 e. The van der Waals surface area contributed by atoms with Gasteiger partial charge in [0.2, 0.25) is 10.0 Å². The van der Waals surface area contributed by atoms with Crippen molar-refractivity contribution in [3.05, 3.63) is 59.1 Å². The first-order valence-electron chi connectivity index (χ1n) is 9.99. The zero-order chi connectivity index (χ0) is 22.0. The summed E-state index contributed by atoms with van der Waals surface area (Å²) in [4.78, 5) is 26.1. The molecule has 2 heterocycles. The molecule has 0 unspecified atom stereocenters. The van der Waals surface area contributed by atoms with Crippen molar-refractivity contribution in [3.8, 4) is 0 Å². The maximum absolute atomic E-state index is 13.1. The third kappa shape index (κ3) is 4.21. The Bertz CT molecular complexity index is 1240. The number of oxazole rings is 1. The highest BCUT2D eigenvalue weighted by Crippen LogP contribution is 2.24. The van der Waals surface area contributed by atoms with Gasteiger partial charge in [-0.3, -0.25) is 9.36 Å². The Hall–Kier alpha value is -3.11. The molecule has 0 saturated carbocycles. The van der Waals surface area contributed by atoms with Crippen LogP contribution in [0.15, 0.2) is 62.6 Å². The summed E-state index contributed by atoms with van der Waals surface area (Å²) in [5.41, 5.74) is 1.51. The second-order valence-electron chi connectivity index (χ2n) is 7.12. The Morgan fingerprint density at radius 3 is 2.45 bits per heavy atom. The number of para-hydroxylation sites is 1. The highest BCUT2D eigenvalue weighted by Gasteiger charge is 2.29. The topological polar surface area (TPSA) is 102 Å². The number of piperazine rings is 1. The molecular weight excluding hydrogens is 422 g/mol. The fourth-order valence-corrected chi connectivity index (χ4v) is 5.11. The molecule has 164 valence electrons. The fourth-order valence-electron chi connectivity index (χ4n) is 3.67. The van der Waals surface area contributed by atoms with Crippen LogP contribution in [-0.2, 0) is 26.1 Å². The standard InChI is InChI=1S/C21H23N3O6S/c1-2-29-20(25)15-24-18-9-8-17(14-19(18)30-21(24)26)31(27,28)23-12-10-22(11-13-23)16-6-4-3-5-7-16/h3-9,14H,2,10-13,15H2,1H3. The monoisotopic (exact) mass is 445 g/mol. The van der Waals surface area contributed by atoms with Crippen molar-refractivity contribution in [3.63, 3.8) is 0 Å². The number of esters is 1. The highest BCUT2D eigenvalue weighted by molar-refractivity contribution is 7.89. The fraction of sp³-hybridized carbons (Fsp3) is 0.333. The number of hydrogen-bond donors (Lipinski definition) is 0. The maximum Gasteiger partial charge on any atom is 0.420 e. The van der Waals surface area contributed by atoms with E-state index in [2.05, 4.69) is 4.90 Å². The molecule has 4 rings (SSSR count). The number of hydrogen-bond acceptors (Lipinski definition) is 7. The van der Waals surface area contributed by atoms with Crippen molar-refractivity contribution >= 4 is 32.8 Å². The van der Waals surface area contributed by atoms with Crippen LogP contribution in [0.4, 0.5) is 5.69 Å². The van der Waals surface area contributed by atoms with Crippen LogP contribution < -0.4 is 10.7 Å². The molecule has 0 N–H and O–H groups in total. The largest absolute Gasteiger partial charge is 0.465 e. The van der Waals surface area contributed by atoms with Gasteiger partial charge in [-0.25, -0.2) is 13.2 Å². The van der Waals surface area contributed by atoms with E-state index in [-0.39, 0.29) is 23.6 Å². The number of fused-ring (bicyclic) bond motifs is 1. The van der Waals surface area contributed by atoms with E-state index in [4.69, 9.17) is 9.15 Å². The van der Waals surface area contributed by atoms with Gasteiger partial charge in [-0.15, -0.1) is 0 Å². The number of benzene rings is 2. The first kappa shape index (κ1) is 21.1. The summed E-state index contributed by atoms with van der Waals surface area (Å²) < 4.78 is 38.9. The van der Waals surface area contributed by atoms with Gasteiger partial charge >= 0.3 is 11.7 Å². The summed E-state index contributed by atoms with van der Waals surface area (Å²) in [5, 5.41) is 0. The molecule has 0 amide bonds. The maximum atomic E-state index is 13.1. The third-order valence-corrected chi connectivity index (χ3v) is 7.12. The van der Waals surface area contributed by atoms with Crippen LogP contribution >= 0.6 is 0 Å². The number of nitrogens with zero attached hydrogens (tertiary/aromatic N) is 3. The van der Waals surface area contributed by atoms with Gasteiger partial charge in [-0.1, -0.05) is 18.2 Å². The molecule has 0 atom stereocenters. The van der Waals surface area contributed by atoms with E-state index in [1.54, 1.807) is 6.92 Å². The molecule has 1 fully saturated rings. The molecule has 0 aliphatic carbocycles. The van der Waals surface area contributed by atoms with Crippen molar-refractivity contribution in [2.24, 2.45) is 0 Å². The molecule has 1 saturated heterocycles. The molecule has 2 aromatic carbocycles. The number of aromatic nitrogens is 1. The average Bonchev–Trinajstić information content (AvgIpc) is 3.09. The summed E-state index contributed by atoms with van der Waals surface area (Å²) in [5.74, 6) is -1.31. The van der Waals surface area contributed by atoms with E-state index in [1.165, 1.54) is 22.5 Å². The summed E-state index contributed by atoms with van der Waals surface area (Å²) in [6.07, 6.45) is 0. The van der Waals surface area contributed by atoms with Crippen LogP contribution in [0.1, 0.15) is 6.92 Å². The van der Waals surface area contributed by atoms with Crippen molar-refractivity contribution in [1.82, 2.24) is 8.87 Å². The van der Waals surface area contributed by atoms with Crippen molar-refractivity contribution in [2.75, 3.05) is 37.7 Å². The SMILES string of the molecule is CCOC(=O)Cn1c(=O)oc2cc(S(=O)(=O)N3CCN(c4ccccc4)CC3)ccc21. The van der Waals surface area contributed by atoms with Crippen LogP contribution in [-0.4, -0.2) is 56.0 Å². The van der Waals surface area contributed by atoms with Gasteiger partial charge in [0, 0.05) is 37.9 Å². The van der Waals surface area contributed by atoms with Gasteiger partial charge in [-0.2, -0.15) is 4.31 Å². The van der Waals surface area contributed by atoms with Crippen LogP contribution in [0.25, 0.3) is 11.1 Å². The lowest BCUT2D eigenvalue weighted by molar-refractivity contribution is -0.143. The molecule has 1 aromatic heterocycles. The van der Waals surface area contributed by atoms with E-state index in [9.17, 15) is 18.0 Å². The number of ether oxygens (including phenoxy) is 1. The lowest BCUT2D eigenvalue weighted by Gasteiger charge is -2.35. The van der Waals surface area contributed by atoms with Gasteiger partial charge in [-0.05, 0) is 31.2 Å². The van der Waals surface area contributed by atoms with Crippen molar-refractivity contribution in [2.45, 2.75) is 18.4 Å². The second-order valence-corrected chi connectivity index (χ2v) is 9.05. The molecule has 1 aliphatic rings. The number of carbonyl (C=O) groups excluding carboxylic acids is 1. The van der Waals surface area contributed by atoms with Crippen molar-refractivity contribution in [1.29, 1.82) is 0 Å². The molecule has 3 aromatic rings. The predicted octanol–water partition coefficient (Wildman–Crippen LogP) is 1.67. The molecule has 10 heteroatoms. The lowest BCUT2D eigenvalue weighted by atomic mass is 10.2. The van der Waals surface area contributed by atoms with Gasteiger partial charge in [0.25, 0.3) is 0 Å². The van der Waals surface area contributed by atoms with Crippen LogP contribution in [0.2, 0.25) is 0 Å².